The summed E-state index contributed by atoms with van der Waals surface area (Å²) in [5.41, 5.74) is 18.2. The van der Waals surface area contributed by atoms with E-state index in [2.05, 4.69) is 15.2 Å². The first-order valence-corrected chi connectivity index (χ1v) is 13.5. The van der Waals surface area contributed by atoms with Crippen molar-refractivity contribution >= 4 is 29.3 Å². The van der Waals surface area contributed by atoms with Crippen molar-refractivity contribution in [3.8, 4) is 5.75 Å². The highest BCUT2D eigenvalue weighted by atomic mass is 19.1. The van der Waals surface area contributed by atoms with Gasteiger partial charge in [-0.15, -0.1) is 0 Å². The Labute approximate surface area is 239 Å². The molecular formula is C28H41FN6O6. The van der Waals surface area contributed by atoms with E-state index >= 15 is 0 Å². The van der Waals surface area contributed by atoms with E-state index in [1.54, 1.807) is 13.0 Å². The Balaban J connectivity index is 0.000000415. The Hall–Kier alpha value is -4.10. The number of nitrogens with two attached hydrogens (primary N) is 3. The van der Waals surface area contributed by atoms with Gasteiger partial charge in [-0.2, -0.15) is 0 Å². The van der Waals surface area contributed by atoms with Crippen LogP contribution in [0.25, 0.3) is 0 Å². The van der Waals surface area contributed by atoms with Crippen LogP contribution in [0.1, 0.15) is 31.7 Å². The van der Waals surface area contributed by atoms with E-state index < -0.39 is 24.1 Å². The number of carboxylic acids is 2. The Morgan fingerprint density at radius 3 is 2.51 bits per heavy atom. The van der Waals surface area contributed by atoms with E-state index in [-0.39, 0.29) is 11.8 Å². The summed E-state index contributed by atoms with van der Waals surface area (Å²) in [5.74, 6) is -1.61. The summed E-state index contributed by atoms with van der Waals surface area (Å²) in [4.78, 5) is 27.3. The Morgan fingerprint density at radius 1 is 1.15 bits per heavy atom. The second-order valence-corrected chi connectivity index (χ2v) is 9.30. The topological polar surface area (TPSA) is 199 Å². The van der Waals surface area contributed by atoms with Crippen LogP contribution >= 0.6 is 0 Å². The van der Waals surface area contributed by atoms with Gasteiger partial charge in [0.05, 0.1) is 12.2 Å². The summed E-state index contributed by atoms with van der Waals surface area (Å²) >= 11 is 0. The molecule has 1 aliphatic rings. The largest absolute Gasteiger partial charge is 0.489 e. The van der Waals surface area contributed by atoms with Crippen molar-refractivity contribution in [1.29, 1.82) is 0 Å². The summed E-state index contributed by atoms with van der Waals surface area (Å²) in [6, 6.07) is 11.6. The number of nitrogens with one attached hydrogen (secondary N) is 1. The lowest BCUT2D eigenvalue weighted by Crippen LogP contribution is -2.34. The lowest BCUT2D eigenvalue weighted by molar-refractivity contribution is -0.150. The molecular weight excluding hydrogens is 535 g/mol. The van der Waals surface area contributed by atoms with Crippen molar-refractivity contribution in [3.05, 3.63) is 53.8 Å². The molecule has 12 nitrogen and oxygen atoms in total. The second kappa shape index (κ2) is 17.6. The molecule has 9 N–H and O–H groups in total. The highest BCUT2D eigenvalue weighted by molar-refractivity contribution is 5.75. The van der Waals surface area contributed by atoms with Gasteiger partial charge in [-0.05, 0) is 56.0 Å². The molecule has 1 heterocycles. The highest BCUT2D eigenvalue weighted by Gasteiger charge is 2.19. The third-order valence-corrected chi connectivity index (χ3v) is 6.12. The molecule has 2 aromatic carbocycles. The maximum Gasteiger partial charge on any atom is 0.333 e. The first-order valence-electron chi connectivity index (χ1n) is 13.5. The number of carbonyl (C=O) groups is 2. The first-order chi connectivity index (χ1) is 19.6. The minimum absolute atomic E-state index is 0.0129. The zero-order valence-electron chi connectivity index (χ0n) is 23.3. The molecule has 41 heavy (non-hydrogen) atoms. The summed E-state index contributed by atoms with van der Waals surface area (Å²) in [7, 11) is 0. The van der Waals surface area contributed by atoms with Crippen molar-refractivity contribution in [2.24, 2.45) is 22.2 Å². The number of benzene rings is 2. The van der Waals surface area contributed by atoms with Crippen molar-refractivity contribution in [3.63, 3.8) is 0 Å². The standard InChI is InChI=1S/C22H27FN2O4.C6H14N4O2/c1-2-28-21(22(26)27)14-16-4-7-18(8-5-16)24-10-3-11-25-12-13-29-20-15-17(23)6-9-19(20)25;7-4(5(11)12)2-1-3-10-6(8)9/h4-9,15,21,24H,2-3,10-14H2,1H3,(H,26,27);4H,1-3,7H2,(H,11,12)(H4,8,9,10)/t;4-/m.0/s1. The number of carboxylic acid groups (broad SMARTS) is 2. The summed E-state index contributed by atoms with van der Waals surface area (Å²) in [5, 5.41) is 20.9. The molecule has 0 bridgehead atoms. The molecule has 226 valence electrons. The number of fused-ring (bicyclic) bond motifs is 1. The van der Waals surface area contributed by atoms with E-state index in [9.17, 15) is 19.1 Å². The van der Waals surface area contributed by atoms with E-state index in [4.69, 9.17) is 31.8 Å². The highest BCUT2D eigenvalue weighted by Crippen LogP contribution is 2.32. The SMILES string of the molecule is CCOC(Cc1ccc(NCCCN2CCOc3cc(F)ccc32)cc1)C(=O)O.NC(N)=NCCC[C@H](N)C(=O)O. The fourth-order valence-corrected chi connectivity index (χ4v) is 4.02. The fourth-order valence-electron chi connectivity index (χ4n) is 4.02. The van der Waals surface area contributed by atoms with Gasteiger partial charge in [-0.1, -0.05) is 12.1 Å². The number of halogens is 1. The quantitative estimate of drug-likeness (QED) is 0.103. The Morgan fingerprint density at radius 2 is 1.88 bits per heavy atom. The van der Waals surface area contributed by atoms with Gasteiger partial charge < -0.3 is 47.1 Å². The minimum atomic E-state index is -1.00. The van der Waals surface area contributed by atoms with Crippen LogP contribution in [-0.2, 0) is 20.7 Å². The van der Waals surface area contributed by atoms with Crippen molar-refractivity contribution in [2.45, 2.75) is 44.8 Å². The van der Waals surface area contributed by atoms with Crippen LogP contribution < -0.4 is 32.2 Å². The first kappa shape index (κ1) is 33.1. The number of aliphatic imine (C=N–C) groups is 1. The van der Waals surface area contributed by atoms with Gasteiger partial charge in [0.15, 0.2) is 12.1 Å². The van der Waals surface area contributed by atoms with Crippen LogP contribution in [0, 0.1) is 5.82 Å². The zero-order chi connectivity index (χ0) is 30.2. The number of anilines is 2. The van der Waals surface area contributed by atoms with Gasteiger partial charge >= 0.3 is 11.9 Å². The van der Waals surface area contributed by atoms with Gasteiger partial charge in [0.25, 0.3) is 0 Å². The maximum atomic E-state index is 13.3. The lowest BCUT2D eigenvalue weighted by Gasteiger charge is -2.31. The third-order valence-electron chi connectivity index (χ3n) is 6.12. The summed E-state index contributed by atoms with van der Waals surface area (Å²) in [6.07, 6.45) is 1.41. The minimum Gasteiger partial charge on any atom is -0.489 e. The molecule has 0 aromatic heterocycles. The van der Waals surface area contributed by atoms with Crippen LogP contribution in [-0.4, -0.2) is 79.6 Å². The Kier molecular flexibility index (Phi) is 14.2. The van der Waals surface area contributed by atoms with Crippen molar-refractivity contribution < 1.29 is 33.7 Å². The van der Waals surface area contributed by atoms with Gasteiger partial charge in [0.2, 0.25) is 0 Å². The monoisotopic (exact) mass is 576 g/mol. The lowest BCUT2D eigenvalue weighted by atomic mass is 10.1. The second-order valence-electron chi connectivity index (χ2n) is 9.30. The number of ether oxygens (including phenoxy) is 2. The molecule has 0 radical (unpaired) electrons. The molecule has 0 fully saturated rings. The van der Waals surface area contributed by atoms with E-state index in [0.29, 0.717) is 44.8 Å². The predicted molar refractivity (Wildman–Crippen MR) is 156 cm³/mol. The molecule has 2 aromatic rings. The van der Waals surface area contributed by atoms with Gasteiger partial charge in [-0.25, -0.2) is 9.18 Å². The van der Waals surface area contributed by atoms with Crippen LogP contribution in [0.15, 0.2) is 47.5 Å². The molecule has 0 spiro atoms. The van der Waals surface area contributed by atoms with Crippen LogP contribution in [0.3, 0.4) is 0 Å². The van der Waals surface area contributed by atoms with Crippen molar-refractivity contribution in [2.75, 3.05) is 49.6 Å². The molecule has 3 rings (SSSR count). The fraction of sp³-hybridized carbons (Fsp3) is 0.464. The molecule has 0 saturated carbocycles. The molecule has 13 heteroatoms. The molecule has 1 unspecified atom stereocenters. The van der Waals surface area contributed by atoms with Crippen molar-refractivity contribution in [1.82, 2.24) is 0 Å². The molecule has 0 aliphatic carbocycles. The van der Waals surface area contributed by atoms with E-state index in [1.807, 2.05) is 24.3 Å². The number of guanidine groups is 1. The predicted octanol–water partition coefficient (Wildman–Crippen LogP) is 2.01. The number of rotatable bonds is 15. The number of aliphatic carboxylic acids is 2. The number of hydrogen-bond acceptors (Lipinski definition) is 8. The summed E-state index contributed by atoms with van der Waals surface area (Å²) in [6.45, 7) is 5.58. The smallest absolute Gasteiger partial charge is 0.333 e. The zero-order valence-corrected chi connectivity index (χ0v) is 23.3. The average Bonchev–Trinajstić information content (AvgIpc) is 2.93. The molecule has 0 amide bonds. The Bertz CT molecular complexity index is 1130. The molecule has 2 atom stereocenters. The maximum absolute atomic E-state index is 13.3. The normalized spacial score (nSPS) is 13.5. The molecule has 1 aliphatic heterocycles. The third kappa shape index (κ3) is 12.3. The van der Waals surface area contributed by atoms with Crippen LogP contribution in [0.4, 0.5) is 15.8 Å². The number of nitrogens with zero attached hydrogens (tertiary/aromatic N) is 2. The number of hydrogen-bond donors (Lipinski definition) is 6. The van der Waals surface area contributed by atoms with Crippen LogP contribution in [0.5, 0.6) is 5.75 Å². The van der Waals surface area contributed by atoms with Gasteiger partial charge in [0.1, 0.15) is 24.2 Å². The van der Waals surface area contributed by atoms with E-state index in [1.165, 1.54) is 12.1 Å². The van der Waals surface area contributed by atoms with Crippen LogP contribution in [0.2, 0.25) is 0 Å². The van der Waals surface area contributed by atoms with E-state index in [0.717, 1.165) is 43.0 Å². The van der Waals surface area contributed by atoms with Gasteiger partial charge in [0, 0.05) is 44.4 Å². The molecule has 0 saturated heterocycles. The average molecular weight is 577 g/mol. The summed E-state index contributed by atoms with van der Waals surface area (Å²) < 4.78 is 24.1. The van der Waals surface area contributed by atoms with Gasteiger partial charge in [-0.3, -0.25) is 9.79 Å².